The van der Waals surface area contributed by atoms with Crippen LogP contribution in [-0.4, -0.2) is 25.3 Å². The minimum atomic E-state index is -0.336. The summed E-state index contributed by atoms with van der Waals surface area (Å²) < 4.78 is 5.93. The lowest BCUT2D eigenvalue weighted by atomic mass is 10.3. The zero-order chi connectivity index (χ0) is 13.1. The second-order valence-corrected chi connectivity index (χ2v) is 5.63. The standard InChI is InChI=1S/C11H11BrCl2N2O2/c12-6-3-8(13)10(9(14)4-6)16-11(17)15-7-1-2-18-5-7/h3-4,7H,1-2,5H2,(H2,15,16,17). The van der Waals surface area contributed by atoms with Crippen molar-refractivity contribution in [1.29, 1.82) is 0 Å². The highest BCUT2D eigenvalue weighted by Crippen LogP contribution is 2.33. The number of carbonyl (C=O) groups is 1. The van der Waals surface area contributed by atoms with E-state index < -0.39 is 0 Å². The van der Waals surface area contributed by atoms with Gasteiger partial charge in [-0.1, -0.05) is 39.1 Å². The molecule has 1 saturated heterocycles. The van der Waals surface area contributed by atoms with Crippen molar-refractivity contribution in [3.63, 3.8) is 0 Å². The van der Waals surface area contributed by atoms with Gasteiger partial charge in [-0.3, -0.25) is 0 Å². The summed E-state index contributed by atoms with van der Waals surface area (Å²) in [5, 5.41) is 6.20. The molecule has 1 aromatic rings. The Kier molecular flexibility index (Phi) is 4.72. The Morgan fingerprint density at radius 2 is 2.06 bits per heavy atom. The highest BCUT2D eigenvalue weighted by Gasteiger charge is 2.18. The molecule has 0 aliphatic carbocycles. The van der Waals surface area contributed by atoms with E-state index in [1.54, 1.807) is 12.1 Å². The highest BCUT2D eigenvalue weighted by molar-refractivity contribution is 9.10. The molecule has 1 heterocycles. The summed E-state index contributed by atoms with van der Waals surface area (Å²) in [6.07, 6.45) is 0.815. The van der Waals surface area contributed by atoms with Gasteiger partial charge in [-0.05, 0) is 18.6 Å². The van der Waals surface area contributed by atoms with Crippen LogP contribution in [0.1, 0.15) is 6.42 Å². The van der Waals surface area contributed by atoms with Crippen LogP contribution in [0.4, 0.5) is 10.5 Å². The van der Waals surface area contributed by atoms with E-state index in [1.807, 2.05) is 0 Å². The number of urea groups is 1. The number of anilines is 1. The second kappa shape index (κ2) is 6.10. The SMILES string of the molecule is O=C(Nc1c(Cl)cc(Br)cc1Cl)NC1CCOC1. The van der Waals surface area contributed by atoms with Gasteiger partial charge in [0.1, 0.15) is 0 Å². The van der Waals surface area contributed by atoms with E-state index in [2.05, 4.69) is 26.6 Å². The number of ether oxygens (including phenoxy) is 1. The van der Waals surface area contributed by atoms with Gasteiger partial charge in [0.25, 0.3) is 0 Å². The third kappa shape index (κ3) is 3.51. The molecule has 1 atom stereocenters. The lowest BCUT2D eigenvalue weighted by molar-refractivity contribution is 0.189. The number of hydrogen-bond donors (Lipinski definition) is 2. The molecule has 18 heavy (non-hydrogen) atoms. The van der Waals surface area contributed by atoms with E-state index in [1.165, 1.54) is 0 Å². The number of nitrogens with one attached hydrogen (secondary N) is 2. The van der Waals surface area contributed by atoms with E-state index in [-0.39, 0.29) is 12.1 Å². The molecule has 1 unspecified atom stereocenters. The fourth-order valence-electron chi connectivity index (χ4n) is 1.64. The quantitative estimate of drug-likeness (QED) is 0.852. The molecule has 4 nitrogen and oxygen atoms in total. The van der Waals surface area contributed by atoms with Crippen molar-refractivity contribution < 1.29 is 9.53 Å². The number of carbonyl (C=O) groups excluding carboxylic acids is 1. The molecular weight excluding hydrogens is 343 g/mol. The van der Waals surface area contributed by atoms with Crippen LogP contribution in [0.3, 0.4) is 0 Å². The van der Waals surface area contributed by atoms with E-state index in [0.29, 0.717) is 28.9 Å². The Bertz CT molecular complexity index is 441. The van der Waals surface area contributed by atoms with Crippen molar-refractivity contribution in [3.8, 4) is 0 Å². The van der Waals surface area contributed by atoms with E-state index >= 15 is 0 Å². The van der Waals surface area contributed by atoms with Crippen LogP contribution >= 0.6 is 39.1 Å². The molecule has 0 radical (unpaired) electrons. The number of amides is 2. The summed E-state index contributed by atoms with van der Waals surface area (Å²) in [6, 6.07) is 3.04. The highest BCUT2D eigenvalue weighted by atomic mass is 79.9. The normalized spacial score (nSPS) is 18.7. The van der Waals surface area contributed by atoms with Crippen molar-refractivity contribution >= 4 is 50.9 Å². The average molecular weight is 354 g/mol. The van der Waals surface area contributed by atoms with Crippen molar-refractivity contribution in [1.82, 2.24) is 5.32 Å². The molecule has 1 aromatic carbocycles. The van der Waals surface area contributed by atoms with Gasteiger partial charge in [-0.15, -0.1) is 0 Å². The van der Waals surface area contributed by atoms with Crippen molar-refractivity contribution in [2.24, 2.45) is 0 Å². The molecule has 0 spiro atoms. The third-order valence-corrected chi connectivity index (χ3v) is 3.56. The van der Waals surface area contributed by atoms with Gasteiger partial charge >= 0.3 is 6.03 Å². The van der Waals surface area contributed by atoms with Gasteiger partial charge in [0.15, 0.2) is 0 Å². The molecule has 2 amide bonds. The van der Waals surface area contributed by atoms with Gasteiger partial charge in [0.05, 0.1) is 28.4 Å². The lowest BCUT2D eigenvalue weighted by Crippen LogP contribution is -2.38. The first-order valence-corrected chi connectivity index (χ1v) is 6.91. The van der Waals surface area contributed by atoms with Crippen molar-refractivity contribution in [2.75, 3.05) is 18.5 Å². The fraction of sp³-hybridized carbons (Fsp3) is 0.364. The van der Waals surface area contributed by atoms with Gasteiger partial charge < -0.3 is 15.4 Å². The Hall–Kier alpha value is -0.490. The molecule has 1 aliphatic rings. The van der Waals surface area contributed by atoms with Crippen LogP contribution < -0.4 is 10.6 Å². The van der Waals surface area contributed by atoms with Crippen LogP contribution in [0, 0.1) is 0 Å². The summed E-state index contributed by atoms with van der Waals surface area (Å²) in [7, 11) is 0. The molecule has 0 saturated carbocycles. The second-order valence-electron chi connectivity index (χ2n) is 3.90. The van der Waals surface area contributed by atoms with Gasteiger partial charge in [0.2, 0.25) is 0 Å². The summed E-state index contributed by atoms with van der Waals surface area (Å²) >= 11 is 15.3. The van der Waals surface area contributed by atoms with Crippen molar-refractivity contribution in [3.05, 3.63) is 26.7 Å². The largest absolute Gasteiger partial charge is 0.379 e. The smallest absolute Gasteiger partial charge is 0.319 e. The first kappa shape index (κ1) is 13.9. The number of hydrogen-bond acceptors (Lipinski definition) is 2. The van der Waals surface area contributed by atoms with Gasteiger partial charge in [-0.25, -0.2) is 4.79 Å². The predicted octanol–water partition coefficient (Wildman–Crippen LogP) is 3.67. The molecule has 0 bridgehead atoms. The molecular formula is C11H11BrCl2N2O2. The molecule has 1 fully saturated rings. The van der Waals surface area contributed by atoms with Gasteiger partial charge in [-0.2, -0.15) is 0 Å². The zero-order valence-electron chi connectivity index (χ0n) is 9.30. The van der Waals surface area contributed by atoms with Crippen molar-refractivity contribution in [2.45, 2.75) is 12.5 Å². The van der Waals surface area contributed by atoms with Crippen LogP contribution in [-0.2, 0) is 4.74 Å². The maximum absolute atomic E-state index is 11.8. The number of benzene rings is 1. The van der Waals surface area contributed by atoms with Crippen LogP contribution in [0.15, 0.2) is 16.6 Å². The minimum Gasteiger partial charge on any atom is -0.379 e. The van der Waals surface area contributed by atoms with Crippen LogP contribution in [0.2, 0.25) is 10.0 Å². The Morgan fingerprint density at radius 1 is 1.39 bits per heavy atom. The Labute approximate surface area is 123 Å². The zero-order valence-corrected chi connectivity index (χ0v) is 12.4. The summed E-state index contributed by atoms with van der Waals surface area (Å²) in [5.74, 6) is 0. The van der Waals surface area contributed by atoms with Gasteiger partial charge in [0, 0.05) is 11.1 Å². The molecule has 7 heteroatoms. The Morgan fingerprint density at radius 3 is 2.61 bits per heavy atom. The Balaban J connectivity index is 2.02. The van der Waals surface area contributed by atoms with E-state index in [9.17, 15) is 4.79 Å². The first-order valence-electron chi connectivity index (χ1n) is 5.36. The predicted molar refractivity (Wildman–Crippen MR) is 75.5 cm³/mol. The van der Waals surface area contributed by atoms with Crippen LogP contribution in [0.25, 0.3) is 0 Å². The summed E-state index contributed by atoms with van der Waals surface area (Å²) in [5.41, 5.74) is 0.401. The topological polar surface area (TPSA) is 50.4 Å². The molecule has 2 N–H and O–H groups in total. The third-order valence-electron chi connectivity index (χ3n) is 2.51. The maximum atomic E-state index is 11.8. The number of rotatable bonds is 2. The monoisotopic (exact) mass is 352 g/mol. The lowest BCUT2D eigenvalue weighted by Gasteiger charge is -2.14. The molecule has 0 aromatic heterocycles. The fourth-order valence-corrected chi connectivity index (χ4v) is 2.95. The summed E-state index contributed by atoms with van der Waals surface area (Å²) in [4.78, 5) is 11.8. The molecule has 1 aliphatic heterocycles. The molecule has 98 valence electrons. The first-order chi connectivity index (χ1) is 8.56. The summed E-state index contributed by atoms with van der Waals surface area (Å²) in [6.45, 7) is 1.21. The number of halogens is 3. The molecule has 2 rings (SSSR count). The van der Waals surface area contributed by atoms with E-state index in [0.717, 1.165) is 10.9 Å². The van der Waals surface area contributed by atoms with E-state index in [4.69, 9.17) is 27.9 Å². The maximum Gasteiger partial charge on any atom is 0.319 e. The van der Waals surface area contributed by atoms with Crippen LogP contribution in [0.5, 0.6) is 0 Å². The minimum absolute atomic E-state index is 0.0398. The average Bonchev–Trinajstić information content (AvgIpc) is 2.76.